The molecule has 0 aliphatic heterocycles. The van der Waals surface area contributed by atoms with Crippen LogP contribution in [0.2, 0.25) is 0 Å². The van der Waals surface area contributed by atoms with Crippen LogP contribution in [-0.2, 0) is 0 Å². The minimum absolute atomic E-state index is 0.0540. The van der Waals surface area contributed by atoms with Gasteiger partial charge >= 0.3 is 0 Å². The summed E-state index contributed by atoms with van der Waals surface area (Å²) >= 11 is 1.55. The van der Waals surface area contributed by atoms with Crippen molar-refractivity contribution >= 4 is 32.4 Å². The number of thiazole rings is 1. The number of anilines is 2. The summed E-state index contributed by atoms with van der Waals surface area (Å²) in [7, 11) is 0. The Balaban J connectivity index is 1.86. The minimum atomic E-state index is -0.0540. The van der Waals surface area contributed by atoms with E-state index in [9.17, 15) is 0 Å². The van der Waals surface area contributed by atoms with Crippen LogP contribution in [0.1, 0.15) is 18.8 Å². The smallest absolute Gasteiger partial charge is 0.196 e. The Morgan fingerprint density at radius 2 is 2.33 bits per heavy atom. The van der Waals surface area contributed by atoms with E-state index in [-0.39, 0.29) is 6.04 Å². The summed E-state index contributed by atoms with van der Waals surface area (Å²) in [5.41, 5.74) is 7.41. The Hall–Kier alpha value is -2.22. The summed E-state index contributed by atoms with van der Waals surface area (Å²) < 4.78 is 1.05. The van der Waals surface area contributed by atoms with E-state index < -0.39 is 0 Å². The number of fused-ring (bicyclic) bond motifs is 1. The number of hydrogen-bond donors (Lipinski definition) is 3. The number of nitrogens with two attached hydrogens (primary N) is 1. The molecule has 0 amide bonds. The SMILES string of the molecule is CC(Nc1nc2ccc(N)cc2s1)c1nn[nH]n1. The molecule has 3 rings (SSSR count). The average Bonchev–Trinajstić information content (AvgIpc) is 2.95. The Bertz CT molecular complexity index is 660. The van der Waals surface area contributed by atoms with Gasteiger partial charge in [-0.05, 0) is 25.1 Å². The van der Waals surface area contributed by atoms with E-state index in [0.717, 1.165) is 21.0 Å². The molecule has 1 unspecified atom stereocenters. The molecule has 2 heterocycles. The van der Waals surface area contributed by atoms with Crippen LogP contribution in [0.4, 0.5) is 10.8 Å². The molecule has 18 heavy (non-hydrogen) atoms. The highest BCUT2D eigenvalue weighted by atomic mass is 32.1. The molecule has 3 aromatic rings. The number of hydrogen-bond acceptors (Lipinski definition) is 7. The molecule has 0 saturated heterocycles. The third-order valence-corrected chi connectivity index (χ3v) is 3.45. The van der Waals surface area contributed by atoms with Crippen molar-refractivity contribution in [3.05, 3.63) is 24.0 Å². The number of aromatic amines is 1. The van der Waals surface area contributed by atoms with Crippen molar-refractivity contribution in [2.75, 3.05) is 11.1 Å². The van der Waals surface area contributed by atoms with Gasteiger partial charge in [0.25, 0.3) is 0 Å². The third kappa shape index (κ3) is 1.97. The largest absolute Gasteiger partial charge is 0.399 e. The fourth-order valence-corrected chi connectivity index (χ4v) is 2.61. The highest BCUT2D eigenvalue weighted by Crippen LogP contribution is 2.29. The second kappa shape index (κ2) is 4.22. The van der Waals surface area contributed by atoms with Crippen LogP contribution < -0.4 is 11.1 Å². The van der Waals surface area contributed by atoms with Gasteiger partial charge in [0.15, 0.2) is 11.0 Å². The zero-order valence-electron chi connectivity index (χ0n) is 9.58. The normalized spacial score (nSPS) is 12.7. The monoisotopic (exact) mass is 261 g/mol. The van der Waals surface area contributed by atoms with Crippen LogP contribution in [0.3, 0.4) is 0 Å². The standard InChI is InChI=1S/C10H11N7S/c1-5(9-14-16-17-15-9)12-10-13-7-3-2-6(11)4-8(7)18-10/h2-5H,11H2,1H3,(H,12,13)(H,14,15,16,17). The molecular formula is C10H11N7S. The first-order chi connectivity index (χ1) is 8.72. The Morgan fingerprint density at radius 3 is 3.11 bits per heavy atom. The minimum Gasteiger partial charge on any atom is -0.399 e. The van der Waals surface area contributed by atoms with Crippen LogP contribution in [0, 0.1) is 0 Å². The highest BCUT2D eigenvalue weighted by molar-refractivity contribution is 7.22. The first kappa shape index (κ1) is 10.9. The lowest BCUT2D eigenvalue weighted by atomic mass is 10.3. The predicted molar refractivity (Wildman–Crippen MR) is 70.2 cm³/mol. The number of nitrogens with zero attached hydrogens (tertiary/aromatic N) is 4. The lowest BCUT2D eigenvalue weighted by molar-refractivity contribution is 0.792. The quantitative estimate of drug-likeness (QED) is 0.618. The number of aromatic nitrogens is 5. The molecule has 7 nitrogen and oxygen atoms in total. The first-order valence-electron chi connectivity index (χ1n) is 5.38. The van der Waals surface area contributed by atoms with Crippen LogP contribution >= 0.6 is 11.3 Å². The summed E-state index contributed by atoms with van der Waals surface area (Å²) in [5.74, 6) is 0.605. The average molecular weight is 261 g/mol. The van der Waals surface area contributed by atoms with Gasteiger partial charge in [-0.3, -0.25) is 0 Å². The third-order valence-electron chi connectivity index (χ3n) is 2.50. The van der Waals surface area contributed by atoms with E-state index in [1.807, 2.05) is 25.1 Å². The van der Waals surface area contributed by atoms with Crippen molar-refractivity contribution in [2.24, 2.45) is 0 Å². The Kier molecular flexibility index (Phi) is 2.56. The van der Waals surface area contributed by atoms with Crippen LogP contribution in [0.25, 0.3) is 10.2 Å². The van der Waals surface area contributed by atoms with Gasteiger partial charge in [0.2, 0.25) is 0 Å². The zero-order chi connectivity index (χ0) is 12.5. The number of rotatable bonds is 3. The van der Waals surface area contributed by atoms with Gasteiger partial charge in [-0.15, -0.1) is 10.2 Å². The summed E-state index contributed by atoms with van der Waals surface area (Å²) in [6, 6.07) is 5.61. The molecule has 1 aromatic carbocycles. The second-order valence-corrected chi connectivity index (χ2v) is 4.91. The number of nitrogen functional groups attached to an aromatic ring is 1. The maximum Gasteiger partial charge on any atom is 0.196 e. The molecule has 0 aliphatic carbocycles. The van der Waals surface area contributed by atoms with E-state index in [1.165, 1.54) is 0 Å². The zero-order valence-corrected chi connectivity index (χ0v) is 10.4. The van der Waals surface area contributed by atoms with Gasteiger partial charge in [0.1, 0.15) is 0 Å². The second-order valence-electron chi connectivity index (χ2n) is 3.88. The summed E-state index contributed by atoms with van der Waals surface area (Å²) in [6.07, 6.45) is 0. The molecule has 0 spiro atoms. The van der Waals surface area contributed by atoms with E-state index in [4.69, 9.17) is 5.73 Å². The van der Waals surface area contributed by atoms with Gasteiger partial charge in [-0.25, -0.2) is 4.98 Å². The summed E-state index contributed by atoms with van der Waals surface area (Å²) in [4.78, 5) is 4.47. The van der Waals surface area contributed by atoms with Crippen molar-refractivity contribution in [3.63, 3.8) is 0 Å². The number of nitrogens with one attached hydrogen (secondary N) is 2. The summed E-state index contributed by atoms with van der Waals surface area (Å²) in [5, 5.41) is 17.9. The number of benzene rings is 1. The van der Waals surface area contributed by atoms with Crippen molar-refractivity contribution < 1.29 is 0 Å². The molecule has 0 saturated carbocycles. The van der Waals surface area contributed by atoms with Crippen molar-refractivity contribution in [3.8, 4) is 0 Å². The van der Waals surface area contributed by atoms with Crippen LogP contribution in [-0.4, -0.2) is 25.6 Å². The van der Waals surface area contributed by atoms with Crippen LogP contribution in [0.5, 0.6) is 0 Å². The van der Waals surface area contributed by atoms with Crippen molar-refractivity contribution in [1.29, 1.82) is 0 Å². The maximum atomic E-state index is 5.74. The van der Waals surface area contributed by atoms with Gasteiger partial charge in [0.05, 0.1) is 16.3 Å². The topological polar surface area (TPSA) is 105 Å². The number of tetrazole rings is 1. The van der Waals surface area contributed by atoms with E-state index in [1.54, 1.807) is 11.3 Å². The Labute approximate surface area is 106 Å². The molecule has 1 atom stereocenters. The van der Waals surface area contributed by atoms with E-state index >= 15 is 0 Å². The van der Waals surface area contributed by atoms with E-state index in [2.05, 4.69) is 30.9 Å². The van der Waals surface area contributed by atoms with Crippen molar-refractivity contribution in [2.45, 2.75) is 13.0 Å². The maximum absolute atomic E-state index is 5.74. The molecular weight excluding hydrogens is 250 g/mol. The molecule has 0 bridgehead atoms. The van der Waals surface area contributed by atoms with Gasteiger partial charge in [-0.2, -0.15) is 5.21 Å². The lowest BCUT2D eigenvalue weighted by Crippen LogP contribution is -2.08. The van der Waals surface area contributed by atoms with Gasteiger partial charge < -0.3 is 11.1 Å². The molecule has 92 valence electrons. The molecule has 4 N–H and O–H groups in total. The van der Waals surface area contributed by atoms with Crippen molar-refractivity contribution in [1.82, 2.24) is 25.6 Å². The lowest BCUT2D eigenvalue weighted by Gasteiger charge is -2.06. The summed E-state index contributed by atoms with van der Waals surface area (Å²) in [6.45, 7) is 1.95. The number of H-pyrrole nitrogens is 1. The fourth-order valence-electron chi connectivity index (χ4n) is 1.61. The molecule has 0 aliphatic rings. The Morgan fingerprint density at radius 1 is 1.44 bits per heavy atom. The fraction of sp³-hybridized carbons (Fsp3) is 0.200. The van der Waals surface area contributed by atoms with Crippen LogP contribution in [0.15, 0.2) is 18.2 Å². The van der Waals surface area contributed by atoms with Gasteiger partial charge in [-0.1, -0.05) is 16.6 Å². The highest BCUT2D eigenvalue weighted by Gasteiger charge is 2.12. The molecule has 0 radical (unpaired) electrons. The van der Waals surface area contributed by atoms with E-state index in [0.29, 0.717) is 5.82 Å². The molecule has 8 heteroatoms. The molecule has 0 fully saturated rings. The van der Waals surface area contributed by atoms with Gasteiger partial charge in [0, 0.05) is 5.69 Å². The predicted octanol–water partition coefficient (Wildman–Crippen LogP) is 1.56. The molecule has 2 aromatic heterocycles. The first-order valence-corrected chi connectivity index (χ1v) is 6.20.